The van der Waals surface area contributed by atoms with Crippen molar-refractivity contribution in [3.63, 3.8) is 0 Å². The van der Waals surface area contributed by atoms with E-state index in [0.29, 0.717) is 26.3 Å². The summed E-state index contributed by atoms with van der Waals surface area (Å²) in [6.07, 6.45) is 2.62. The number of aryl methyl sites for hydroxylation is 1. The van der Waals surface area contributed by atoms with Crippen molar-refractivity contribution in [2.75, 3.05) is 45.9 Å². The number of carbonyl (C=O) groups excluding carboxylic acids is 1. The van der Waals surface area contributed by atoms with Crippen molar-refractivity contribution in [3.05, 3.63) is 70.6 Å². The van der Waals surface area contributed by atoms with Crippen molar-refractivity contribution < 1.29 is 14.3 Å². The van der Waals surface area contributed by atoms with Crippen molar-refractivity contribution in [3.8, 4) is 11.1 Å². The number of amides is 1. The molecule has 1 amide bonds. The van der Waals surface area contributed by atoms with Gasteiger partial charge in [-0.3, -0.25) is 14.5 Å². The molecule has 0 N–H and O–H groups in total. The van der Waals surface area contributed by atoms with Crippen LogP contribution in [0.5, 0.6) is 0 Å². The van der Waals surface area contributed by atoms with E-state index in [1.165, 1.54) is 0 Å². The van der Waals surface area contributed by atoms with Gasteiger partial charge in [0.15, 0.2) is 6.29 Å². The number of carbonyl (C=O) groups is 1. The second-order valence-electron chi connectivity index (χ2n) is 8.67. The molecule has 0 spiro atoms. The van der Waals surface area contributed by atoms with E-state index in [1.807, 2.05) is 53.6 Å². The third-order valence-corrected chi connectivity index (χ3v) is 6.58. The molecule has 0 atom stereocenters. The van der Waals surface area contributed by atoms with Crippen molar-refractivity contribution in [2.45, 2.75) is 12.7 Å². The minimum absolute atomic E-state index is 0.0442. The zero-order valence-electron chi connectivity index (χ0n) is 18.9. The molecule has 3 aromatic rings. The van der Waals surface area contributed by atoms with E-state index in [4.69, 9.17) is 9.47 Å². The summed E-state index contributed by atoms with van der Waals surface area (Å²) in [5.74, 6) is 0.0697. The number of piperazine rings is 1. The standard InChI is InChI=1S/C26H29N3O4/c1-27-18-19(8-9-24(27)30)20-4-2-6-22-21(20)5-3-7-23(22)26(31)29-14-12-28(13-15-29)11-10-25-32-16-17-33-25/h2-9,18,25H,10-17H2,1H3. The summed E-state index contributed by atoms with van der Waals surface area (Å²) >= 11 is 0. The maximum Gasteiger partial charge on any atom is 0.254 e. The molecule has 7 nitrogen and oxygen atoms in total. The van der Waals surface area contributed by atoms with Crippen molar-refractivity contribution in [1.29, 1.82) is 0 Å². The fourth-order valence-electron chi connectivity index (χ4n) is 4.71. The molecular formula is C26H29N3O4. The van der Waals surface area contributed by atoms with Gasteiger partial charge < -0.3 is 18.9 Å². The summed E-state index contributed by atoms with van der Waals surface area (Å²) in [5.41, 5.74) is 2.65. The Morgan fingerprint density at radius 1 is 0.939 bits per heavy atom. The maximum absolute atomic E-state index is 13.5. The number of nitrogens with zero attached hydrogens (tertiary/aromatic N) is 3. The monoisotopic (exact) mass is 447 g/mol. The normalized spacial score (nSPS) is 17.7. The molecule has 2 aliphatic heterocycles. The Kier molecular flexibility index (Phi) is 6.26. The van der Waals surface area contributed by atoms with E-state index in [0.717, 1.165) is 53.5 Å². The second-order valence-corrected chi connectivity index (χ2v) is 8.67. The fraction of sp³-hybridized carbons (Fsp3) is 0.385. The van der Waals surface area contributed by atoms with E-state index >= 15 is 0 Å². The van der Waals surface area contributed by atoms with Crippen LogP contribution in [-0.4, -0.2) is 72.5 Å². The van der Waals surface area contributed by atoms with Gasteiger partial charge in [-0.1, -0.05) is 30.3 Å². The largest absolute Gasteiger partial charge is 0.350 e. The molecule has 0 aliphatic carbocycles. The predicted molar refractivity (Wildman–Crippen MR) is 127 cm³/mol. The zero-order chi connectivity index (χ0) is 22.8. The van der Waals surface area contributed by atoms with E-state index in [2.05, 4.69) is 4.90 Å². The highest BCUT2D eigenvalue weighted by atomic mass is 16.7. The zero-order valence-corrected chi connectivity index (χ0v) is 18.9. The number of aromatic nitrogens is 1. The van der Waals surface area contributed by atoms with Crippen LogP contribution in [0.15, 0.2) is 59.5 Å². The summed E-state index contributed by atoms with van der Waals surface area (Å²) in [7, 11) is 1.75. The Bertz CT molecular complexity index is 1210. The highest BCUT2D eigenvalue weighted by molar-refractivity contribution is 6.10. The van der Waals surface area contributed by atoms with Crippen LogP contribution < -0.4 is 5.56 Å². The Morgan fingerprint density at radius 2 is 1.67 bits per heavy atom. The molecule has 2 aromatic carbocycles. The highest BCUT2D eigenvalue weighted by Gasteiger charge is 2.25. The predicted octanol–water partition coefficient (Wildman–Crippen LogP) is 2.73. The average molecular weight is 448 g/mol. The van der Waals surface area contributed by atoms with Gasteiger partial charge in [0, 0.05) is 64.0 Å². The topological polar surface area (TPSA) is 64.0 Å². The molecule has 0 bridgehead atoms. The molecule has 0 radical (unpaired) electrons. The van der Waals surface area contributed by atoms with Gasteiger partial charge in [-0.25, -0.2) is 0 Å². The van der Waals surface area contributed by atoms with Crippen LogP contribution in [0.2, 0.25) is 0 Å². The molecule has 172 valence electrons. The molecular weight excluding hydrogens is 418 g/mol. The summed E-state index contributed by atoms with van der Waals surface area (Å²) in [5, 5.41) is 1.95. The number of benzene rings is 2. The molecule has 2 fully saturated rings. The Morgan fingerprint density at radius 3 is 2.42 bits per heavy atom. The molecule has 2 saturated heterocycles. The van der Waals surface area contributed by atoms with E-state index in [1.54, 1.807) is 17.7 Å². The third kappa shape index (κ3) is 4.57. The first-order valence-corrected chi connectivity index (χ1v) is 11.5. The summed E-state index contributed by atoms with van der Waals surface area (Å²) in [6.45, 7) is 5.41. The average Bonchev–Trinajstić information content (AvgIpc) is 3.37. The van der Waals surface area contributed by atoms with Gasteiger partial charge in [-0.15, -0.1) is 0 Å². The fourth-order valence-corrected chi connectivity index (χ4v) is 4.71. The van der Waals surface area contributed by atoms with Crippen LogP contribution in [0.4, 0.5) is 0 Å². The van der Waals surface area contributed by atoms with E-state index in [-0.39, 0.29) is 17.8 Å². The number of rotatable bonds is 5. The third-order valence-electron chi connectivity index (χ3n) is 6.58. The summed E-state index contributed by atoms with van der Waals surface area (Å²) in [6, 6.07) is 15.3. The lowest BCUT2D eigenvalue weighted by atomic mass is 9.96. The molecule has 0 unspecified atom stereocenters. The quantitative estimate of drug-likeness (QED) is 0.602. The first kappa shape index (κ1) is 21.8. The maximum atomic E-state index is 13.5. The van der Waals surface area contributed by atoms with E-state index < -0.39 is 0 Å². The van der Waals surface area contributed by atoms with Gasteiger partial charge >= 0.3 is 0 Å². The van der Waals surface area contributed by atoms with Crippen LogP contribution in [-0.2, 0) is 16.5 Å². The molecule has 1 aromatic heterocycles. The lowest BCUT2D eigenvalue weighted by Crippen LogP contribution is -2.49. The number of pyridine rings is 1. The molecule has 0 saturated carbocycles. The van der Waals surface area contributed by atoms with Gasteiger partial charge in [-0.05, 0) is 34.0 Å². The Balaban J connectivity index is 1.33. The minimum Gasteiger partial charge on any atom is -0.350 e. The second kappa shape index (κ2) is 9.47. The number of hydrogen-bond acceptors (Lipinski definition) is 5. The van der Waals surface area contributed by atoms with Crippen LogP contribution in [0.1, 0.15) is 16.8 Å². The van der Waals surface area contributed by atoms with Gasteiger partial charge in [0.1, 0.15) is 0 Å². The van der Waals surface area contributed by atoms with Crippen LogP contribution in [0.25, 0.3) is 21.9 Å². The van der Waals surface area contributed by atoms with Crippen LogP contribution >= 0.6 is 0 Å². The first-order valence-electron chi connectivity index (χ1n) is 11.5. The Hall–Kier alpha value is -3.00. The first-order chi connectivity index (χ1) is 16.1. The van der Waals surface area contributed by atoms with Crippen LogP contribution in [0, 0.1) is 0 Å². The van der Waals surface area contributed by atoms with E-state index in [9.17, 15) is 9.59 Å². The lowest BCUT2D eigenvalue weighted by Gasteiger charge is -2.35. The van der Waals surface area contributed by atoms with Crippen molar-refractivity contribution in [2.24, 2.45) is 7.05 Å². The van der Waals surface area contributed by atoms with Gasteiger partial charge in [0.05, 0.1) is 13.2 Å². The Labute approximate surface area is 193 Å². The molecule has 5 rings (SSSR count). The van der Waals surface area contributed by atoms with Crippen LogP contribution in [0.3, 0.4) is 0 Å². The van der Waals surface area contributed by atoms with Gasteiger partial charge in [0.2, 0.25) is 5.56 Å². The van der Waals surface area contributed by atoms with Crippen molar-refractivity contribution >= 4 is 16.7 Å². The molecule has 33 heavy (non-hydrogen) atoms. The molecule has 2 aliphatic rings. The molecule has 7 heteroatoms. The van der Waals surface area contributed by atoms with Gasteiger partial charge in [-0.2, -0.15) is 0 Å². The molecule has 3 heterocycles. The minimum atomic E-state index is -0.0819. The van der Waals surface area contributed by atoms with Gasteiger partial charge in [0.25, 0.3) is 5.91 Å². The highest BCUT2D eigenvalue weighted by Crippen LogP contribution is 2.30. The summed E-state index contributed by atoms with van der Waals surface area (Å²) < 4.78 is 12.6. The smallest absolute Gasteiger partial charge is 0.254 e. The SMILES string of the molecule is Cn1cc(-c2cccc3c(C(=O)N4CCN(CCC5OCCO5)CC4)cccc23)ccc1=O. The number of hydrogen-bond donors (Lipinski definition) is 0. The number of fused-ring (bicyclic) bond motifs is 1. The van der Waals surface area contributed by atoms with Crippen molar-refractivity contribution in [1.82, 2.24) is 14.4 Å². The summed E-state index contributed by atoms with van der Waals surface area (Å²) in [4.78, 5) is 29.6. The number of ether oxygens (including phenoxy) is 2. The lowest BCUT2D eigenvalue weighted by molar-refractivity contribution is -0.0529.